The zero-order chi connectivity index (χ0) is 18.9. The van der Waals surface area contributed by atoms with E-state index in [1.54, 1.807) is 0 Å². The van der Waals surface area contributed by atoms with Gasteiger partial charge in [-0.15, -0.1) is 0 Å². The van der Waals surface area contributed by atoms with Crippen LogP contribution in [0.2, 0.25) is 0 Å². The van der Waals surface area contributed by atoms with Crippen LogP contribution < -0.4 is 0 Å². The van der Waals surface area contributed by atoms with E-state index in [-0.39, 0.29) is 0 Å². The van der Waals surface area contributed by atoms with Crippen molar-refractivity contribution in [2.75, 3.05) is 0 Å². The minimum Gasteiger partial charge on any atom is -0.0537 e. The zero-order valence-corrected chi connectivity index (χ0v) is 16.6. The SMILES string of the molecule is CC1=C(C)c2c(C)cc3c4ccc5c6c(ccc(c7cc(C)c1c2c73)c64)C=C5. The molecule has 0 amide bonds. The average Bonchev–Trinajstić information content (AvgIpc) is 3.22. The summed E-state index contributed by atoms with van der Waals surface area (Å²) in [5, 5.41) is 11.4. The molecule has 0 nitrogen and oxygen atoms in total. The van der Waals surface area contributed by atoms with Crippen LogP contribution in [0, 0.1) is 13.8 Å². The lowest BCUT2D eigenvalue weighted by atomic mass is 9.84. The molecule has 0 saturated carbocycles. The highest BCUT2D eigenvalue weighted by Crippen LogP contribution is 2.51. The van der Waals surface area contributed by atoms with Crippen LogP contribution in [0.5, 0.6) is 0 Å². The van der Waals surface area contributed by atoms with Crippen LogP contribution in [0.1, 0.15) is 47.2 Å². The molecule has 2 aliphatic carbocycles. The smallest absolute Gasteiger partial charge is 0.00137 e. The average molecular weight is 356 g/mol. The molecule has 2 aliphatic rings. The molecule has 28 heavy (non-hydrogen) atoms. The summed E-state index contributed by atoms with van der Waals surface area (Å²) in [6.45, 7) is 9.17. The Labute approximate surface area is 164 Å². The highest BCUT2D eigenvalue weighted by atomic mass is 14.3. The van der Waals surface area contributed by atoms with Crippen LogP contribution in [0.25, 0.3) is 66.4 Å². The molecule has 0 spiro atoms. The standard InChI is InChI=1S/C28H20/c1-13-11-21-19-9-7-17-5-6-18-8-10-20(26(19)25(17)18)22-12-14(2)24-16(4)15(3)23(13)28(24)27(21)22/h5-12H,1-4H3. The first-order valence-corrected chi connectivity index (χ1v) is 10.1. The van der Waals surface area contributed by atoms with E-state index >= 15 is 0 Å². The fourth-order valence-corrected chi connectivity index (χ4v) is 6.13. The summed E-state index contributed by atoms with van der Waals surface area (Å²) in [7, 11) is 0. The van der Waals surface area contributed by atoms with E-state index in [0.29, 0.717) is 0 Å². The summed E-state index contributed by atoms with van der Waals surface area (Å²) in [6.07, 6.45) is 4.52. The van der Waals surface area contributed by atoms with Crippen molar-refractivity contribution in [1.82, 2.24) is 0 Å². The first-order valence-electron chi connectivity index (χ1n) is 10.1. The van der Waals surface area contributed by atoms with Crippen LogP contribution in [0.3, 0.4) is 0 Å². The fraction of sp³-hybridized carbons (Fsp3) is 0.143. The summed E-state index contributed by atoms with van der Waals surface area (Å²) < 4.78 is 0. The topological polar surface area (TPSA) is 0 Å². The number of allylic oxidation sites excluding steroid dienone is 2. The molecule has 0 heteroatoms. The Morgan fingerprint density at radius 1 is 0.464 bits per heavy atom. The summed E-state index contributed by atoms with van der Waals surface area (Å²) in [5.41, 5.74) is 11.3. The maximum Gasteiger partial charge on any atom is -0.00137 e. The molecule has 132 valence electrons. The molecule has 0 radical (unpaired) electrons. The third-order valence-electron chi connectivity index (χ3n) is 7.36. The maximum atomic E-state index is 2.44. The van der Waals surface area contributed by atoms with Crippen molar-refractivity contribution in [3.63, 3.8) is 0 Å². The lowest BCUT2D eigenvalue weighted by Gasteiger charge is -2.19. The van der Waals surface area contributed by atoms with Gasteiger partial charge in [0.15, 0.2) is 0 Å². The molecule has 0 bridgehead atoms. The number of fused-ring (bicyclic) bond motifs is 2. The van der Waals surface area contributed by atoms with Gasteiger partial charge in [0.2, 0.25) is 0 Å². The zero-order valence-electron chi connectivity index (χ0n) is 16.6. The number of hydrogen-bond acceptors (Lipinski definition) is 0. The van der Waals surface area contributed by atoms with Gasteiger partial charge in [-0.3, -0.25) is 0 Å². The molecule has 5 aromatic rings. The van der Waals surface area contributed by atoms with Crippen molar-refractivity contribution in [2.45, 2.75) is 27.7 Å². The predicted molar refractivity (Wildman–Crippen MR) is 124 cm³/mol. The Hall–Kier alpha value is -3.12. The van der Waals surface area contributed by atoms with Crippen LogP contribution in [0.4, 0.5) is 0 Å². The highest BCUT2D eigenvalue weighted by molar-refractivity contribution is 6.37. The van der Waals surface area contributed by atoms with E-state index in [1.165, 1.54) is 87.6 Å². The van der Waals surface area contributed by atoms with E-state index in [1.807, 2.05) is 0 Å². The third kappa shape index (κ3) is 1.42. The van der Waals surface area contributed by atoms with Crippen LogP contribution in [0.15, 0.2) is 36.4 Å². The molecule has 0 saturated heterocycles. The monoisotopic (exact) mass is 356 g/mol. The van der Waals surface area contributed by atoms with Crippen molar-refractivity contribution in [1.29, 1.82) is 0 Å². The van der Waals surface area contributed by atoms with Crippen LogP contribution >= 0.6 is 0 Å². The van der Waals surface area contributed by atoms with Crippen LogP contribution in [-0.2, 0) is 0 Å². The van der Waals surface area contributed by atoms with Gasteiger partial charge in [0.05, 0.1) is 0 Å². The fourth-order valence-electron chi connectivity index (χ4n) is 6.13. The number of benzene rings is 5. The second-order valence-corrected chi connectivity index (χ2v) is 8.72. The van der Waals surface area contributed by atoms with Gasteiger partial charge in [0, 0.05) is 0 Å². The molecule has 0 atom stereocenters. The Bertz CT molecular complexity index is 1510. The molecule has 0 fully saturated rings. The molecule has 0 aromatic heterocycles. The van der Waals surface area contributed by atoms with Gasteiger partial charge in [-0.05, 0) is 115 Å². The molecule has 0 N–H and O–H groups in total. The van der Waals surface area contributed by atoms with Crippen molar-refractivity contribution < 1.29 is 0 Å². The van der Waals surface area contributed by atoms with Gasteiger partial charge in [-0.2, -0.15) is 0 Å². The van der Waals surface area contributed by atoms with E-state index in [0.717, 1.165) is 0 Å². The normalized spacial score (nSPS) is 14.9. The van der Waals surface area contributed by atoms with Gasteiger partial charge in [0.25, 0.3) is 0 Å². The van der Waals surface area contributed by atoms with Gasteiger partial charge >= 0.3 is 0 Å². The van der Waals surface area contributed by atoms with E-state index in [2.05, 4.69) is 76.2 Å². The molecule has 5 aromatic carbocycles. The van der Waals surface area contributed by atoms with Crippen molar-refractivity contribution in [2.24, 2.45) is 0 Å². The minimum absolute atomic E-state index is 1.36. The maximum absolute atomic E-state index is 2.44. The van der Waals surface area contributed by atoms with E-state index in [9.17, 15) is 0 Å². The van der Waals surface area contributed by atoms with Crippen molar-refractivity contribution >= 4 is 66.4 Å². The molecular formula is C28H20. The van der Waals surface area contributed by atoms with Crippen molar-refractivity contribution in [3.8, 4) is 0 Å². The highest BCUT2D eigenvalue weighted by Gasteiger charge is 2.27. The van der Waals surface area contributed by atoms with Gasteiger partial charge in [-0.25, -0.2) is 0 Å². The lowest BCUT2D eigenvalue weighted by molar-refractivity contribution is 1.46. The lowest BCUT2D eigenvalue weighted by Crippen LogP contribution is -1.94. The second-order valence-electron chi connectivity index (χ2n) is 8.72. The molecule has 0 heterocycles. The first-order chi connectivity index (χ1) is 13.6. The van der Waals surface area contributed by atoms with Gasteiger partial charge < -0.3 is 0 Å². The van der Waals surface area contributed by atoms with Gasteiger partial charge in [0.1, 0.15) is 0 Å². The predicted octanol–water partition coefficient (Wildman–Crippen LogP) is 8.10. The van der Waals surface area contributed by atoms with Crippen molar-refractivity contribution in [3.05, 3.63) is 69.8 Å². The minimum atomic E-state index is 1.36. The largest absolute Gasteiger partial charge is 0.0537 e. The number of hydrogen-bond donors (Lipinski definition) is 0. The summed E-state index contributed by atoms with van der Waals surface area (Å²) in [4.78, 5) is 0. The Balaban J connectivity index is 1.90. The quantitative estimate of drug-likeness (QED) is 0.190. The molecule has 7 rings (SSSR count). The van der Waals surface area contributed by atoms with Gasteiger partial charge in [-0.1, -0.05) is 48.6 Å². The first kappa shape index (κ1) is 14.9. The number of aryl methyl sites for hydroxylation is 2. The Morgan fingerprint density at radius 2 is 0.929 bits per heavy atom. The second kappa shape index (κ2) is 4.47. The summed E-state index contributed by atoms with van der Waals surface area (Å²) in [5.74, 6) is 0. The molecular weight excluding hydrogens is 336 g/mol. The number of rotatable bonds is 0. The summed E-state index contributed by atoms with van der Waals surface area (Å²) in [6, 6.07) is 14.2. The third-order valence-corrected chi connectivity index (χ3v) is 7.36. The molecule has 0 aliphatic heterocycles. The Kier molecular flexibility index (Phi) is 2.38. The summed E-state index contributed by atoms with van der Waals surface area (Å²) >= 11 is 0. The van der Waals surface area contributed by atoms with Crippen LogP contribution in [-0.4, -0.2) is 0 Å². The molecule has 0 unspecified atom stereocenters. The van der Waals surface area contributed by atoms with E-state index in [4.69, 9.17) is 0 Å². The Morgan fingerprint density at radius 3 is 1.43 bits per heavy atom. The van der Waals surface area contributed by atoms with E-state index < -0.39 is 0 Å².